The lowest BCUT2D eigenvalue weighted by Gasteiger charge is -2.34. The fraction of sp³-hybridized carbons (Fsp3) is 0.667. The molecule has 0 spiro atoms. The molecule has 2 rings (SSSR count). The van der Waals surface area contributed by atoms with Crippen LogP contribution in [0.15, 0.2) is 18.3 Å². The highest BCUT2D eigenvalue weighted by atomic mass is 16.5. The van der Waals surface area contributed by atoms with Crippen LogP contribution >= 0.6 is 0 Å². The highest BCUT2D eigenvalue weighted by molar-refractivity contribution is 5.21. The predicted molar refractivity (Wildman–Crippen MR) is 73.6 cm³/mol. The molecule has 3 nitrogen and oxygen atoms in total. The molecule has 0 aliphatic carbocycles. The SMILES string of the molecule is CCCNC(c1ccc(C)nc1)C1(C)CCCO1. The fourth-order valence-corrected chi connectivity index (χ4v) is 2.65. The second-order valence-electron chi connectivity index (χ2n) is 5.38. The van der Waals surface area contributed by atoms with Crippen LogP contribution in [-0.4, -0.2) is 23.7 Å². The van der Waals surface area contributed by atoms with E-state index in [1.165, 1.54) is 5.56 Å². The molecule has 0 aromatic carbocycles. The lowest BCUT2D eigenvalue weighted by atomic mass is 9.88. The Bertz CT molecular complexity index is 369. The zero-order valence-electron chi connectivity index (χ0n) is 11.7. The molecule has 3 heteroatoms. The topological polar surface area (TPSA) is 34.2 Å². The minimum Gasteiger partial charge on any atom is -0.373 e. The molecule has 1 fully saturated rings. The number of hydrogen-bond donors (Lipinski definition) is 1. The fourth-order valence-electron chi connectivity index (χ4n) is 2.65. The highest BCUT2D eigenvalue weighted by Crippen LogP contribution is 2.37. The first-order valence-corrected chi connectivity index (χ1v) is 6.95. The summed E-state index contributed by atoms with van der Waals surface area (Å²) in [6, 6.07) is 4.49. The Hall–Kier alpha value is -0.930. The molecule has 1 aliphatic rings. The van der Waals surface area contributed by atoms with Crippen LogP contribution in [0.4, 0.5) is 0 Å². The first-order valence-electron chi connectivity index (χ1n) is 6.95. The number of aromatic nitrogens is 1. The van der Waals surface area contributed by atoms with E-state index in [2.05, 4.69) is 36.3 Å². The van der Waals surface area contributed by atoms with Gasteiger partial charge in [0.2, 0.25) is 0 Å². The molecule has 1 aliphatic heterocycles. The summed E-state index contributed by atoms with van der Waals surface area (Å²) in [5, 5.41) is 3.62. The largest absolute Gasteiger partial charge is 0.373 e. The Balaban J connectivity index is 2.21. The third kappa shape index (κ3) is 2.90. The van der Waals surface area contributed by atoms with Crippen molar-refractivity contribution in [3.05, 3.63) is 29.6 Å². The Labute approximate surface area is 110 Å². The lowest BCUT2D eigenvalue weighted by molar-refractivity contribution is -0.0125. The van der Waals surface area contributed by atoms with E-state index in [4.69, 9.17) is 4.74 Å². The maximum absolute atomic E-state index is 5.99. The highest BCUT2D eigenvalue weighted by Gasteiger charge is 2.39. The second kappa shape index (κ2) is 5.81. The zero-order valence-corrected chi connectivity index (χ0v) is 11.7. The Morgan fingerprint density at radius 1 is 1.50 bits per heavy atom. The van der Waals surface area contributed by atoms with E-state index >= 15 is 0 Å². The van der Waals surface area contributed by atoms with Gasteiger partial charge >= 0.3 is 0 Å². The van der Waals surface area contributed by atoms with Crippen molar-refractivity contribution in [2.45, 2.75) is 51.7 Å². The monoisotopic (exact) mass is 248 g/mol. The molecule has 2 heterocycles. The molecular weight excluding hydrogens is 224 g/mol. The van der Waals surface area contributed by atoms with Gasteiger partial charge in [-0.15, -0.1) is 0 Å². The average molecular weight is 248 g/mol. The summed E-state index contributed by atoms with van der Waals surface area (Å²) in [5.41, 5.74) is 2.20. The molecule has 2 unspecified atom stereocenters. The summed E-state index contributed by atoms with van der Waals surface area (Å²) in [6.07, 6.45) is 5.38. The Morgan fingerprint density at radius 2 is 2.33 bits per heavy atom. The molecule has 1 aromatic rings. The average Bonchev–Trinajstić information content (AvgIpc) is 2.80. The third-order valence-corrected chi connectivity index (χ3v) is 3.73. The lowest BCUT2D eigenvalue weighted by Crippen LogP contribution is -2.41. The van der Waals surface area contributed by atoms with Gasteiger partial charge in [0.05, 0.1) is 11.6 Å². The van der Waals surface area contributed by atoms with Crippen molar-refractivity contribution in [3.8, 4) is 0 Å². The summed E-state index contributed by atoms with van der Waals surface area (Å²) < 4.78 is 5.99. The van der Waals surface area contributed by atoms with Gasteiger partial charge in [0.15, 0.2) is 0 Å². The number of rotatable bonds is 5. The predicted octanol–water partition coefficient (Wildman–Crippen LogP) is 3.00. The first kappa shape index (κ1) is 13.5. The quantitative estimate of drug-likeness (QED) is 0.869. The van der Waals surface area contributed by atoms with Crippen LogP contribution in [0.25, 0.3) is 0 Å². The van der Waals surface area contributed by atoms with Gasteiger partial charge < -0.3 is 10.1 Å². The number of nitrogens with one attached hydrogen (secondary N) is 1. The van der Waals surface area contributed by atoms with Gasteiger partial charge in [0.1, 0.15) is 0 Å². The smallest absolute Gasteiger partial charge is 0.0849 e. The van der Waals surface area contributed by atoms with Crippen LogP contribution in [0.3, 0.4) is 0 Å². The van der Waals surface area contributed by atoms with Crippen molar-refractivity contribution in [1.82, 2.24) is 10.3 Å². The number of hydrogen-bond acceptors (Lipinski definition) is 3. The molecule has 0 radical (unpaired) electrons. The van der Waals surface area contributed by atoms with Gasteiger partial charge in [-0.1, -0.05) is 13.0 Å². The summed E-state index contributed by atoms with van der Waals surface area (Å²) in [4.78, 5) is 4.42. The van der Waals surface area contributed by atoms with Gasteiger partial charge in [-0.2, -0.15) is 0 Å². The van der Waals surface area contributed by atoms with Crippen molar-refractivity contribution in [1.29, 1.82) is 0 Å². The van der Waals surface area contributed by atoms with Crippen LogP contribution in [0, 0.1) is 6.92 Å². The molecule has 18 heavy (non-hydrogen) atoms. The maximum Gasteiger partial charge on any atom is 0.0849 e. The van der Waals surface area contributed by atoms with Crippen LogP contribution in [0.5, 0.6) is 0 Å². The standard InChI is InChI=1S/C15H24N2O/c1-4-9-16-14(15(3)8-5-10-18-15)13-7-6-12(2)17-11-13/h6-7,11,14,16H,4-5,8-10H2,1-3H3. The van der Waals surface area contributed by atoms with E-state index in [9.17, 15) is 0 Å². The second-order valence-corrected chi connectivity index (χ2v) is 5.38. The van der Waals surface area contributed by atoms with Crippen LogP contribution in [0.1, 0.15) is 50.4 Å². The normalized spacial score (nSPS) is 25.3. The molecule has 1 aromatic heterocycles. The van der Waals surface area contributed by atoms with Crippen LogP contribution in [0.2, 0.25) is 0 Å². The number of aryl methyl sites for hydroxylation is 1. The Morgan fingerprint density at radius 3 is 2.89 bits per heavy atom. The van der Waals surface area contributed by atoms with Gasteiger partial charge in [0, 0.05) is 18.5 Å². The van der Waals surface area contributed by atoms with Crippen molar-refractivity contribution < 1.29 is 4.74 Å². The van der Waals surface area contributed by atoms with E-state index in [1.54, 1.807) is 0 Å². The molecule has 0 saturated carbocycles. The third-order valence-electron chi connectivity index (χ3n) is 3.73. The molecular formula is C15H24N2O. The van der Waals surface area contributed by atoms with Crippen molar-refractivity contribution in [3.63, 3.8) is 0 Å². The van der Waals surface area contributed by atoms with Gasteiger partial charge in [0.25, 0.3) is 0 Å². The molecule has 0 bridgehead atoms. The van der Waals surface area contributed by atoms with Crippen LogP contribution in [-0.2, 0) is 4.74 Å². The number of ether oxygens (including phenoxy) is 1. The van der Waals surface area contributed by atoms with Gasteiger partial charge in [-0.25, -0.2) is 0 Å². The van der Waals surface area contributed by atoms with E-state index in [1.807, 2.05) is 13.1 Å². The van der Waals surface area contributed by atoms with Crippen molar-refractivity contribution >= 4 is 0 Å². The number of pyridine rings is 1. The molecule has 1 N–H and O–H groups in total. The van der Waals surface area contributed by atoms with Crippen LogP contribution < -0.4 is 5.32 Å². The molecule has 100 valence electrons. The Kier molecular flexibility index (Phi) is 4.36. The first-order chi connectivity index (χ1) is 8.65. The molecule has 2 atom stereocenters. The summed E-state index contributed by atoms with van der Waals surface area (Å²) in [7, 11) is 0. The summed E-state index contributed by atoms with van der Waals surface area (Å²) in [6.45, 7) is 8.31. The summed E-state index contributed by atoms with van der Waals surface area (Å²) >= 11 is 0. The van der Waals surface area contributed by atoms with E-state index < -0.39 is 0 Å². The van der Waals surface area contributed by atoms with Gasteiger partial charge in [-0.05, 0) is 51.3 Å². The zero-order chi connectivity index (χ0) is 13.0. The minimum atomic E-state index is -0.0912. The van der Waals surface area contributed by atoms with E-state index in [0.29, 0.717) is 0 Å². The van der Waals surface area contributed by atoms with Crippen molar-refractivity contribution in [2.24, 2.45) is 0 Å². The number of nitrogens with zero attached hydrogens (tertiary/aromatic N) is 1. The minimum absolute atomic E-state index is 0.0912. The van der Waals surface area contributed by atoms with E-state index in [0.717, 1.165) is 38.1 Å². The molecule has 0 amide bonds. The summed E-state index contributed by atoms with van der Waals surface area (Å²) in [5.74, 6) is 0. The van der Waals surface area contributed by atoms with Gasteiger partial charge in [-0.3, -0.25) is 4.98 Å². The molecule has 1 saturated heterocycles. The maximum atomic E-state index is 5.99. The van der Waals surface area contributed by atoms with Crippen molar-refractivity contribution in [2.75, 3.05) is 13.2 Å². The van der Waals surface area contributed by atoms with E-state index in [-0.39, 0.29) is 11.6 Å².